The molecular weight excluding hydrogens is 214 g/mol. The molecule has 0 aliphatic heterocycles. The van der Waals surface area contributed by atoms with Crippen molar-refractivity contribution in [1.82, 2.24) is 0 Å². The van der Waals surface area contributed by atoms with Gasteiger partial charge in [-0.15, -0.1) is 0 Å². The van der Waals surface area contributed by atoms with Crippen LogP contribution < -0.4 is 5.73 Å². The van der Waals surface area contributed by atoms with Gasteiger partial charge >= 0.3 is 22.0 Å². The third kappa shape index (κ3) is 22.6. The number of nitrogens with two attached hydrogens (primary N) is 1. The molecule has 12 heavy (non-hydrogen) atoms. The molecule has 0 rings (SSSR count). The zero-order chi connectivity index (χ0) is 10.2. The maximum atomic E-state index is 9.70. The fourth-order valence-corrected chi connectivity index (χ4v) is 0.467. The first-order valence-electron chi connectivity index (χ1n) is 2.30. The second kappa shape index (κ2) is 7.27. The maximum Gasteiger partial charge on any atom is 0.397 e. The molecule has 1 unspecified atom stereocenters. The monoisotopic (exact) mass is 221 g/mol. The van der Waals surface area contributed by atoms with Gasteiger partial charge in [0.05, 0.1) is 0 Å². The molecule has 1 atom stereocenters. The number of rotatable bonds is 3. The van der Waals surface area contributed by atoms with Gasteiger partial charge < -0.3 is 10.8 Å². The van der Waals surface area contributed by atoms with Crippen LogP contribution in [0.2, 0.25) is 0 Å². The zero-order valence-corrected chi connectivity index (χ0v) is 7.25. The number of aliphatic hydroxyl groups excluding tert-OH is 1. The van der Waals surface area contributed by atoms with E-state index in [4.69, 9.17) is 18.1 Å². The molecule has 0 saturated heterocycles. The van der Waals surface area contributed by atoms with Crippen LogP contribution in [0.1, 0.15) is 0 Å². The highest BCUT2D eigenvalue weighted by molar-refractivity contribution is 7.80. The van der Waals surface area contributed by atoms with E-state index in [2.05, 4.69) is 9.92 Å². The molecule has 0 spiro atoms. The van der Waals surface area contributed by atoms with Crippen molar-refractivity contribution in [1.29, 1.82) is 0 Å². The van der Waals surface area contributed by atoms with E-state index in [-0.39, 0.29) is 0 Å². The molecule has 0 aromatic rings. The molecule has 0 heterocycles. The molecule has 4 N–H and O–H groups in total. The minimum Gasteiger partial charge on any atom is -0.376 e. The van der Waals surface area contributed by atoms with Gasteiger partial charge in [-0.3, -0.25) is 4.55 Å². The molecule has 0 aliphatic carbocycles. The van der Waals surface area contributed by atoms with Gasteiger partial charge in [-0.1, -0.05) is 0 Å². The molecule has 8 nitrogen and oxygen atoms in total. The fraction of sp³-hybridized carbons (Fsp3) is 1.00. The minimum absolute atomic E-state index is 0.640. The molecule has 0 bridgehead atoms. The van der Waals surface area contributed by atoms with Crippen LogP contribution in [0.15, 0.2) is 0 Å². The smallest absolute Gasteiger partial charge is 0.376 e. The molecule has 0 fully saturated rings. The summed E-state index contributed by atoms with van der Waals surface area (Å²) < 4.78 is 47.5. The van der Waals surface area contributed by atoms with E-state index < -0.39 is 34.8 Å². The van der Waals surface area contributed by atoms with Crippen molar-refractivity contribution in [2.45, 2.75) is 6.23 Å². The summed E-state index contributed by atoms with van der Waals surface area (Å²) in [7, 11) is -4.46. The van der Waals surface area contributed by atoms with Gasteiger partial charge in [0, 0.05) is 0 Å². The summed E-state index contributed by atoms with van der Waals surface area (Å²) in [5, 5.41) is 8.19. The molecule has 0 amide bonds. The second-order valence-electron chi connectivity index (χ2n) is 1.35. The van der Waals surface area contributed by atoms with Crippen molar-refractivity contribution in [3.05, 3.63) is 0 Å². The Morgan fingerprint density at radius 3 is 1.92 bits per heavy atom. The molecule has 0 aliphatic rings. The highest BCUT2D eigenvalue weighted by Crippen LogP contribution is 1.84. The minimum atomic E-state index is -4.46. The Labute approximate surface area is 71.9 Å². The predicted octanol–water partition coefficient (Wildman–Crippen LogP) is -2.59. The summed E-state index contributed by atoms with van der Waals surface area (Å²) in [5.41, 5.74) is 4.65. The summed E-state index contributed by atoms with van der Waals surface area (Å²) in [6, 6.07) is 0. The summed E-state index contributed by atoms with van der Waals surface area (Å²) in [6.45, 7) is -0.640. The highest BCUT2D eigenvalue weighted by atomic mass is 32.3. The van der Waals surface area contributed by atoms with E-state index in [9.17, 15) is 8.42 Å². The Kier molecular flexibility index (Phi) is 8.57. The van der Waals surface area contributed by atoms with E-state index in [0.717, 1.165) is 0 Å². The molecule has 0 aromatic heterocycles. The Hall–Kier alpha value is -0.390. The molecule has 10 heteroatoms. The van der Waals surface area contributed by atoms with Crippen molar-refractivity contribution in [3.63, 3.8) is 0 Å². The standard InChI is InChI=1S/C2H7NO5S.O2S/c3-2(4)1-8-9(5,6)7;1-3-2/h2,4H,1,3H2,(H,5,6,7);. The topological polar surface area (TPSA) is 144 Å². The highest BCUT2D eigenvalue weighted by Gasteiger charge is 2.05. The van der Waals surface area contributed by atoms with Gasteiger partial charge in [-0.25, -0.2) is 4.18 Å². The Bertz CT molecular complexity index is 226. The van der Waals surface area contributed by atoms with Crippen molar-refractivity contribution in [3.8, 4) is 0 Å². The summed E-state index contributed by atoms with van der Waals surface area (Å²) in [4.78, 5) is 0. The third-order valence-electron chi connectivity index (χ3n) is 0.388. The van der Waals surface area contributed by atoms with Gasteiger partial charge in [-0.2, -0.15) is 16.8 Å². The molecule has 74 valence electrons. The zero-order valence-electron chi connectivity index (χ0n) is 5.61. The van der Waals surface area contributed by atoms with E-state index in [1.54, 1.807) is 0 Å². The van der Waals surface area contributed by atoms with Crippen molar-refractivity contribution >= 4 is 22.0 Å². The van der Waals surface area contributed by atoms with Crippen LogP contribution in [0.25, 0.3) is 0 Å². The first-order valence-corrected chi connectivity index (χ1v) is 4.34. The van der Waals surface area contributed by atoms with Gasteiger partial charge in [-0.05, 0) is 0 Å². The molecule has 0 saturated carbocycles. The molecule has 0 aromatic carbocycles. The number of hydrogen-bond donors (Lipinski definition) is 3. The maximum absolute atomic E-state index is 9.70. The summed E-state index contributed by atoms with van der Waals surface area (Å²) in [5.74, 6) is 0. The van der Waals surface area contributed by atoms with E-state index in [1.165, 1.54) is 0 Å². The first kappa shape index (κ1) is 14.2. The Morgan fingerprint density at radius 2 is 1.83 bits per heavy atom. The Morgan fingerprint density at radius 1 is 1.50 bits per heavy atom. The SMILES string of the molecule is NC(O)COS(=O)(=O)O.O=S=O. The van der Waals surface area contributed by atoms with Gasteiger partial charge in [0.15, 0.2) is 0 Å². The average Bonchev–Trinajstić information content (AvgIpc) is 1.84. The molecule has 0 radical (unpaired) electrons. The van der Waals surface area contributed by atoms with Crippen molar-refractivity contribution < 1.29 is 30.7 Å². The normalized spacial score (nSPS) is 12.6. The summed E-state index contributed by atoms with van der Waals surface area (Å²) >= 11 is -0.750. The van der Waals surface area contributed by atoms with E-state index >= 15 is 0 Å². The lowest BCUT2D eigenvalue weighted by Crippen LogP contribution is -2.26. The van der Waals surface area contributed by atoms with Crippen LogP contribution in [-0.4, -0.2) is 39.3 Å². The van der Waals surface area contributed by atoms with Gasteiger partial charge in [0.25, 0.3) is 0 Å². The van der Waals surface area contributed by atoms with Crippen LogP contribution in [-0.2, 0) is 26.2 Å². The third-order valence-corrected chi connectivity index (χ3v) is 0.822. The van der Waals surface area contributed by atoms with Gasteiger partial charge in [0.2, 0.25) is 0 Å². The predicted molar refractivity (Wildman–Crippen MR) is 36.6 cm³/mol. The van der Waals surface area contributed by atoms with Crippen molar-refractivity contribution in [2.75, 3.05) is 6.61 Å². The van der Waals surface area contributed by atoms with Crippen LogP contribution >= 0.6 is 0 Å². The van der Waals surface area contributed by atoms with E-state index in [0.29, 0.717) is 0 Å². The quantitative estimate of drug-likeness (QED) is 0.348. The lowest BCUT2D eigenvalue weighted by molar-refractivity contribution is 0.108. The van der Waals surface area contributed by atoms with Crippen LogP contribution in [0.3, 0.4) is 0 Å². The van der Waals surface area contributed by atoms with Crippen LogP contribution in [0, 0.1) is 0 Å². The second-order valence-corrected chi connectivity index (χ2v) is 2.57. The number of aliphatic hydroxyl groups is 1. The average molecular weight is 221 g/mol. The largest absolute Gasteiger partial charge is 0.397 e. The van der Waals surface area contributed by atoms with Crippen LogP contribution in [0.4, 0.5) is 0 Å². The number of hydrogen-bond acceptors (Lipinski definition) is 7. The van der Waals surface area contributed by atoms with Crippen LogP contribution in [0.5, 0.6) is 0 Å². The first-order chi connectivity index (χ1) is 5.33. The van der Waals surface area contributed by atoms with E-state index in [1.807, 2.05) is 0 Å². The fourth-order valence-electron chi connectivity index (χ4n) is 0.156. The lowest BCUT2D eigenvalue weighted by Gasteiger charge is -2.00. The van der Waals surface area contributed by atoms with Gasteiger partial charge in [0.1, 0.15) is 12.8 Å². The summed E-state index contributed by atoms with van der Waals surface area (Å²) in [6.07, 6.45) is -1.40. The van der Waals surface area contributed by atoms with Crippen molar-refractivity contribution in [2.24, 2.45) is 5.73 Å². The lowest BCUT2D eigenvalue weighted by atomic mass is 10.7. The molecular formula is C2H7NO7S2. The Balaban J connectivity index is 0.